The molecule has 1 aromatic heterocycles. The molecule has 1 aromatic rings. The SMILES string of the molecule is N#CCc1cc(C(F)F)c([N+](=O)[O-])c(N)n1. The molecule has 0 atom stereocenters. The molecule has 0 aliphatic heterocycles. The molecule has 0 spiro atoms. The van der Waals surface area contributed by atoms with Crippen LogP contribution >= 0.6 is 0 Å². The first-order chi connectivity index (χ1) is 7.47. The van der Waals surface area contributed by atoms with Gasteiger partial charge in [0.25, 0.3) is 6.43 Å². The lowest BCUT2D eigenvalue weighted by Gasteiger charge is -2.05. The summed E-state index contributed by atoms with van der Waals surface area (Å²) < 4.78 is 25.0. The molecule has 6 nitrogen and oxygen atoms in total. The Labute approximate surface area is 88.5 Å². The van der Waals surface area contributed by atoms with E-state index in [1.54, 1.807) is 6.07 Å². The number of rotatable bonds is 3. The molecule has 0 radical (unpaired) electrons. The number of hydrogen-bond acceptors (Lipinski definition) is 5. The molecule has 0 bridgehead atoms. The standard InChI is InChI=1S/C8H6F2N4O2/c9-7(10)5-3-4(1-2-11)13-8(12)6(5)14(15)16/h3,7H,1H2,(H2,12,13). The third-order valence-corrected chi connectivity index (χ3v) is 1.78. The van der Waals surface area contributed by atoms with Gasteiger partial charge in [-0.05, 0) is 6.07 Å². The number of nitrogen functional groups attached to an aromatic ring is 1. The highest BCUT2D eigenvalue weighted by Crippen LogP contribution is 2.33. The van der Waals surface area contributed by atoms with Crippen molar-refractivity contribution in [1.29, 1.82) is 5.26 Å². The first kappa shape index (κ1) is 11.8. The normalized spacial score (nSPS) is 10.1. The highest BCUT2D eigenvalue weighted by Gasteiger charge is 2.26. The van der Waals surface area contributed by atoms with E-state index in [0.717, 1.165) is 6.07 Å². The average molecular weight is 228 g/mol. The zero-order valence-corrected chi connectivity index (χ0v) is 7.85. The van der Waals surface area contributed by atoms with Crippen molar-refractivity contribution in [3.8, 4) is 6.07 Å². The molecule has 1 rings (SSSR count). The van der Waals surface area contributed by atoms with Crippen LogP contribution < -0.4 is 5.73 Å². The van der Waals surface area contributed by atoms with Crippen LogP contribution in [0.5, 0.6) is 0 Å². The molecule has 0 saturated carbocycles. The molecule has 1 heterocycles. The fraction of sp³-hybridized carbons (Fsp3) is 0.250. The zero-order valence-electron chi connectivity index (χ0n) is 7.85. The lowest BCUT2D eigenvalue weighted by atomic mass is 10.1. The molecule has 0 fully saturated rings. The second kappa shape index (κ2) is 4.48. The number of nitro groups is 1. The summed E-state index contributed by atoms with van der Waals surface area (Å²) in [5.74, 6) is -0.604. The minimum absolute atomic E-state index is 0.0131. The Morgan fingerprint density at radius 2 is 2.31 bits per heavy atom. The van der Waals surface area contributed by atoms with E-state index in [4.69, 9.17) is 11.0 Å². The van der Waals surface area contributed by atoms with Crippen LogP contribution in [0.1, 0.15) is 17.7 Å². The third kappa shape index (κ3) is 2.20. The van der Waals surface area contributed by atoms with Gasteiger partial charge in [0.05, 0.1) is 23.1 Å². The summed E-state index contributed by atoms with van der Waals surface area (Å²) in [5, 5.41) is 18.9. The molecule has 0 unspecified atom stereocenters. The Morgan fingerprint density at radius 1 is 1.69 bits per heavy atom. The van der Waals surface area contributed by atoms with E-state index in [1.807, 2.05) is 0 Å². The van der Waals surface area contributed by atoms with Crippen molar-refractivity contribution in [2.24, 2.45) is 0 Å². The fourth-order valence-corrected chi connectivity index (χ4v) is 1.17. The number of nitrogens with two attached hydrogens (primary N) is 1. The number of nitriles is 1. The molecule has 0 aliphatic carbocycles. The molecule has 0 saturated heterocycles. The summed E-state index contributed by atoms with van der Waals surface area (Å²) in [7, 11) is 0. The molecular weight excluding hydrogens is 222 g/mol. The highest BCUT2D eigenvalue weighted by molar-refractivity contribution is 5.58. The van der Waals surface area contributed by atoms with Crippen molar-refractivity contribution in [2.45, 2.75) is 12.8 Å². The first-order valence-electron chi connectivity index (χ1n) is 4.06. The maximum absolute atomic E-state index is 12.5. The summed E-state index contributed by atoms with van der Waals surface area (Å²) in [6, 6.07) is 2.52. The van der Waals surface area contributed by atoms with Crippen LogP contribution in [0.3, 0.4) is 0 Å². The van der Waals surface area contributed by atoms with E-state index >= 15 is 0 Å². The quantitative estimate of drug-likeness (QED) is 0.624. The number of nitrogens with zero attached hydrogens (tertiary/aromatic N) is 3. The van der Waals surface area contributed by atoms with E-state index in [1.165, 1.54) is 0 Å². The van der Waals surface area contributed by atoms with Crippen molar-refractivity contribution in [1.82, 2.24) is 4.98 Å². The summed E-state index contributed by atoms with van der Waals surface area (Å²) in [6.45, 7) is 0. The number of halogens is 2. The zero-order chi connectivity index (χ0) is 12.3. The van der Waals surface area contributed by atoms with Gasteiger partial charge in [-0.3, -0.25) is 10.1 Å². The number of aromatic nitrogens is 1. The van der Waals surface area contributed by atoms with Crippen molar-refractivity contribution in [3.05, 3.63) is 27.4 Å². The maximum Gasteiger partial charge on any atom is 0.320 e. The first-order valence-corrected chi connectivity index (χ1v) is 4.06. The van der Waals surface area contributed by atoms with E-state index in [0.29, 0.717) is 0 Å². The van der Waals surface area contributed by atoms with Crippen LogP contribution in [0, 0.1) is 21.4 Å². The van der Waals surface area contributed by atoms with Crippen LogP contribution in [0.15, 0.2) is 6.07 Å². The number of pyridine rings is 1. The van der Waals surface area contributed by atoms with Crippen LogP contribution in [0.2, 0.25) is 0 Å². The molecule has 0 amide bonds. The van der Waals surface area contributed by atoms with E-state index < -0.39 is 28.4 Å². The van der Waals surface area contributed by atoms with Gasteiger partial charge >= 0.3 is 5.69 Å². The molecular formula is C8H6F2N4O2. The smallest absolute Gasteiger partial charge is 0.320 e. The number of anilines is 1. The Balaban J connectivity index is 3.40. The van der Waals surface area contributed by atoms with E-state index in [2.05, 4.69) is 4.98 Å². The summed E-state index contributed by atoms with van der Waals surface area (Å²) in [4.78, 5) is 13.0. The summed E-state index contributed by atoms with van der Waals surface area (Å²) in [5.41, 5.74) is 3.46. The van der Waals surface area contributed by atoms with Gasteiger partial charge in [-0.15, -0.1) is 0 Å². The van der Waals surface area contributed by atoms with E-state index in [9.17, 15) is 18.9 Å². The summed E-state index contributed by atoms with van der Waals surface area (Å²) >= 11 is 0. The average Bonchev–Trinajstić information content (AvgIpc) is 2.16. The van der Waals surface area contributed by atoms with Crippen molar-refractivity contribution in [2.75, 3.05) is 5.73 Å². The molecule has 84 valence electrons. The van der Waals surface area contributed by atoms with Gasteiger partial charge in [-0.1, -0.05) is 0 Å². The number of alkyl halides is 2. The van der Waals surface area contributed by atoms with Crippen LogP contribution in [-0.4, -0.2) is 9.91 Å². The predicted molar refractivity (Wildman–Crippen MR) is 49.6 cm³/mol. The van der Waals surface area contributed by atoms with Gasteiger partial charge in [-0.2, -0.15) is 5.26 Å². The Morgan fingerprint density at radius 3 is 2.75 bits per heavy atom. The molecule has 2 N–H and O–H groups in total. The Hall–Kier alpha value is -2.30. The topological polar surface area (TPSA) is 106 Å². The molecule has 0 aliphatic rings. The third-order valence-electron chi connectivity index (χ3n) is 1.78. The van der Waals surface area contributed by atoms with Gasteiger partial charge < -0.3 is 5.73 Å². The lowest BCUT2D eigenvalue weighted by Crippen LogP contribution is -2.06. The van der Waals surface area contributed by atoms with Crippen molar-refractivity contribution < 1.29 is 13.7 Å². The highest BCUT2D eigenvalue weighted by atomic mass is 19.3. The molecule has 0 aromatic carbocycles. The van der Waals surface area contributed by atoms with Gasteiger partial charge in [0.2, 0.25) is 5.82 Å². The van der Waals surface area contributed by atoms with E-state index in [-0.39, 0.29) is 12.1 Å². The molecule has 16 heavy (non-hydrogen) atoms. The minimum Gasteiger partial charge on any atom is -0.378 e. The van der Waals surface area contributed by atoms with Gasteiger partial charge in [0.1, 0.15) is 5.56 Å². The summed E-state index contributed by atoms with van der Waals surface area (Å²) in [6.07, 6.45) is -3.27. The van der Waals surface area contributed by atoms with Gasteiger partial charge in [0.15, 0.2) is 0 Å². The molecule has 8 heteroatoms. The van der Waals surface area contributed by atoms with Crippen LogP contribution in [0.4, 0.5) is 20.3 Å². The lowest BCUT2D eigenvalue weighted by molar-refractivity contribution is -0.385. The fourth-order valence-electron chi connectivity index (χ4n) is 1.17. The number of hydrogen-bond donors (Lipinski definition) is 1. The Kier molecular flexibility index (Phi) is 3.30. The van der Waals surface area contributed by atoms with Gasteiger partial charge in [0, 0.05) is 0 Å². The van der Waals surface area contributed by atoms with Crippen LogP contribution in [-0.2, 0) is 6.42 Å². The maximum atomic E-state index is 12.5. The van der Waals surface area contributed by atoms with Crippen molar-refractivity contribution >= 4 is 11.5 Å². The largest absolute Gasteiger partial charge is 0.378 e. The Bertz CT molecular complexity index is 470. The monoisotopic (exact) mass is 228 g/mol. The second-order valence-corrected chi connectivity index (χ2v) is 2.83. The van der Waals surface area contributed by atoms with Gasteiger partial charge in [-0.25, -0.2) is 13.8 Å². The second-order valence-electron chi connectivity index (χ2n) is 2.83. The minimum atomic E-state index is -3.04. The predicted octanol–water partition coefficient (Wildman–Crippen LogP) is 1.58. The van der Waals surface area contributed by atoms with Crippen molar-refractivity contribution in [3.63, 3.8) is 0 Å². The van der Waals surface area contributed by atoms with Crippen LogP contribution in [0.25, 0.3) is 0 Å².